The summed E-state index contributed by atoms with van der Waals surface area (Å²) in [4.78, 5) is 46.4. The maximum atomic E-state index is 11.3. The number of amides is 5. The Morgan fingerprint density at radius 2 is 2.00 bits per heavy atom. The number of nitrogens with zero attached hydrogens (tertiary/aromatic N) is 2. The van der Waals surface area contributed by atoms with Crippen molar-refractivity contribution < 1.29 is 19.2 Å². The highest BCUT2D eigenvalue weighted by atomic mass is 16.2. The van der Waals surface area contributed by atoms with Crippen LogP contribution in [0.15, 0.2) is 0 Å². The monoisotopic (exact) mass is 213 g/mol. The van der Waals surface area contributed by atoms with Crippen molar-refractivity contribution in [3.63, 3.8) is 0 Å². The summed E-state index contributed by atoms with van der Waals surface area (Å²) in [5, 5.41) is 1.96. The number of barbiturate groups is 1. The molecule has 0 aliphatic carbocycles. The molecule has 1 saturated heterocycles. The smallest absolute Gasteiger partial charge is 0.331 e. The molecule has 1 rings (SSSR count). The Labute approximate surface area is 86.0 Å². The SMILES string of the molecule is CN(C)C(=O)CN1C(=O)CC(=O)NC1=O. The molecule has 0 aromatic rings. The van der Waals surface area contributed by atoms with Crippen LogP contribution >= 0.6 is 0 Å². The van der Waals surface area contributed by atoms with Crippen molar-refractivity contribution in [1.82, 2.24) is 15.1 Å². The summed E-state index contributed by atoms with van der Waals surface area (Å²) >= 11 is 0. The van der Waals surface area contributed by atoms with Crippen LogP contribution in [0.1, 0.15) is 6.42 Å². The Hall–Kier alpha value is -1.92. The third kappa shape index (κ3) is 2.52. The van der Waals surface area contributed by atoms with Gasteiger partial charge in [-0.3, -0.25) is 24.6 Å². The van der Waals surface area contributed by atoms with Crippen LogP contribution in [0.3, 0.4) is 0 Å². The molecule has 1 aliphatic heterocycles. The topological polar surface area (TPSA) is 86.8 Å². The van der Waals surface area contributed by atoms with Gasteiger partial charge in [-0.15, -0.1) is 0 Å². The van der Waals surface area contributed by atoms with E-state index in [0.29, 0.717) is 0 Å². The summed E-state index contributed by atoms with van der Waals surface area (Å²) in [6.45, 7) is -0.342. The van der Waals surface area contributed by atoms with E-state index >= 15 is 0 Å². The highest BCUT2D eigenvalue weighted by Gasteiger charge is 2.32. The van der Waals surface area contributed by atoms with E-state index in [-0.39, 0.29) is 12.5 Å². The van der Waals surface area contributed by atoms with E-state index in [4.69, 9.17) is 0 Å². The van der Waals surface area contributed by atoms with Crippen molar-refractivity contribution in [3.05, 3.63) is 0 Å². The normalized spacial score (nSPS) is 16.4. The van der Waals surface area contributed by atoms with Gasteiger partial charge in [0.25, 0.3) is 0 Å². The van der Waals surface area contributed by atoms with Crippen molar-refractivity contribution in [3.8, 4) is 0 Å². The zero-order valence-electron chi connectivity index (χ0n) is 8.44. The summed E-state index contributed by atoms with van der Waals surface area (Å²) in [5.41, 5.74) is 0. The molecule has 1 fully saturated rings. The van der Waals surface area contributed by atoms with Crippen LogP contribution in [-0.4, -0.2) is 54.2 Å². The van der Waals surface area contributed by atoms with Gasteiger partial charge in [-0.25, -0.2) is 4.79 Å². The Kier molecular flexibility index (Phi) is 3.03. The van der Waals surface area contributed by atoms with Gasteiger partial charge in [0, 0.05) is 14.1 Å². The van der Waals surface area contributed by atoms with Gasteiger partial charge in [-0.05, 0) is 0 Å². The zero-order valence-corrected chi connectivity index (χ0v) is 8.44. The minimum absolute atomic E-state index is 0.342. The summed E-state index contributed by atoms with van der Waals surface area (Å²) in [5.74, 6) is -1.68. The first-order valence-corrected chi connectivity index (χ1v) is 4.26. The first-order chi connectivity index (χ1) is 6.91. The third-order valence-corrected chi connectivity index (χ3v) is 1.90. The molecule has 0 saturated carbocycles. The summed E-state index contributed by atoms with van der Waals surface area (Å²) in [6.07, 6.45) is -0.396. The molecule has 1 heterocycles. The second kappa shape index (κ2) is 4.07. The van der Waals surface area contributed by atoms with Crippen LogP contribution < -0.4 is 5.32 Å². The predicted molar refractivity (Wildman–Crippen MR) is 48.6 cm³/mol. The second-order valence-electron chi connectivity index (χ2n) is 3.30. The molecule has 5 amide bonds. The number of rotatable bonds is 2. The number of carbonyl (C=O) groups excluding carboxylic acids is 4. The third-order valence-electron chi connectivity index (χ3n) is 1.90. The van der Waals surface area contributed by atoms with Crippen LogP contribution in [0.5, 0.6) is 0 Å². The number of hydrogen-bond donors (Lipinski definition) is 1. The van der Waals surface area contributed by atoms with Crippen LogP contribution in [0, 0.1) is 0 Å². The molecule has 0 atom stereocenters. The molecule has 0 bridgehead atoms. The maximum Gasteiger partial charge on any atom is 0.331 e. The van der Waals surface area contributed by atoms with Crippen LogP contribution in [0.25, 0.3) is 0 Å². The van der Waals surface area contributed by atoms with Gasteiger partial charge in [0.2, 0.25) is 17.7 Å². The Balaban J connectivity index is 2.69. The van der Waals surface area contributed by atoms with E-state index in [0.717, 1.165) is 4.90 Å². The van der Waals surface area contributed by atoms with Crippen LogP contribution in [0.4, 0.5) is 4.79 Å². The Morgan fingerprint density at radius 1 is 1.40 bits per heavy atom. The number of carbonyl (C=O) groups is 4. The fourth-order valence-electron chi connectivity index (χ4n) is 1.01. The fraction of sp³-hybridized carbons (Fsp3) is 0.500. The van der Waals surface area contributed by atoms with Crippen molar-refractivity contribution >= 4 is 23.8 Å². The van der Waals surface area contributed by atoms with E-state index in [9.17, 15) is 19.2 Å². The number of nitrogens with one attached hydrogen (secondary N) is 1. The first-order valence-electron chi connectivity index (χ1n) is 4.26. The lowest BCUT2D eigenvalue weighted by Gasteiger charge is -2.25. The summed E-state index contributed by atoms with van der Waals surface area (Å²) < 4.78 is 0. The quantitative estimate of drug-likeness (QED) is 0.568. The molecule has 0 radical (unpaired) electrons. The maximum absolute atomic E-state index is 11.3. The molecule has 0 aromatic heterocycles. The van der Waals surface area contributed by atoms with E-state index < -0.39 is 24.3 Å². The molecule has 0 unspecified atom stereocenters. The Bertz CT molecular complexity index is 317. The van der Waals surface area contributed by atoms with Crippen LogP contribution in [0.2, 0.25) is 0 Å². The summed E-state index contributed by atoms with van der Waals surface area (Å²) in [7, 11) is 3.03. The molecule has 0 spiro atoms. The lowest BCUT2D eigenvalue weighted by atomic mass is 10.3. The van der Waals surface area contributed by atoms with Gasteiger partial charge in [-0.2, -0.15) is 0 Å². The van der Waals surface area contributed by atoms with Crippen LogP contribution in [-0.2, 0) is 14.4 Å². The average Bonchev–Trinajstić information content (AvgIpc) is 2.10. The highest BCUT2D eigenvalue weighted by Crippen LogP contribution is 2.02. The fourth-order valence-corrected chi connectivity index (χ4v) is 1.01. The molecule has 7 nitrogen and oxygen atoms in total. The minimum atomic E-state index is -0.841. The first kappa shape index (κ1) is 11.2. The largest absolute Gasteiger partial charge is 0.347 e. The molecule has 0 aromatic carbocycles. The number of urea groups is 1. The second-order valence-corrected chi connectivity index (χ2v) is 3.30. The molecular weight excluding hydrogens is 202 g/mol. The van der Waals surface area contributed by atoms with Crippen molar-refractivity contribution in [1.29, 1.82) is 0 Å². The van der Waals surface area contributed by atoms with Crippen molar-refractivity contribution in [2.45, 2.75) is 6.42 Å². The van der Waals surface area contributed by atoms with Gasteiger partial charge in [0.15, 0.2) is 0 Å². The molecule has 1 N–H and O–H groups in total. The molecule has 15 heavy (non-hydrogen) atoms. The van der Waals surface area contributed by atoms with Gasteiger partial charge >= 0.3 is 6.03 Å². The van der Waals surface area contributed by atoms with Crippen molar-refractivity contribution in [2.75, 3.05) is 20.6 Å². The standard InChI is InChI=1S/C8H11N3O4/c1-10(2)7(14)4-11-6(13)3-5(12)9-8(11)15/h3-4H2,1-2H3,(H,9,12,15). The number of likely N-dealkylation sites (N-methyl/N-ethyl adjacent to an activating group) is 1. The van der Waals surface area contributed by atoms with E-state index in [1.54, 1.807) is 0 Å². The van der Waals surface area contributed by atoms with Gasteiger partial charge < -0.3 is 4.90 Å². The number of hydrogen-bond acceptors (Lipinski definition) is 4. The molecule has 82 valence electrons. The average molecular weight is 213 g/mol. The molecule has 7 heteroatoms. The van der Waals surface area contributed by atoms with E-state index in [2.05, 4.69) is 0 Å². The van der Waals surface area contributed by atoms with Crippen molar-refractivity contribution in [2.24, 2.45) is 0 Å². The van der Waals surface area contributed by atoms with Gasteiger partial charge in [0.05, 0.1) is 0 Å². The van der Waals surface area contributed by atoms with E-state index in [1.165, 1.54) is 19.0 Å². The summed E-state index contributed by atoms with van der Waals surface area (Å²) in [6, 6.07) is -0.841. The minimum Gasteiger partial charge on any atom is -0.347 e. The highest BCUT2D eigenvalue weighted by molar-refractivity contribution is 6.15. The zero-order chi connectivity index (χ0) is 11.6. The van der Waals surface area contributed by atoms with Gasteiger partial charge in [-0.1, -0.05) is 0 Å². The molecular formula is C8H11N3O4. The van der Waals surface area contributed by atoms with Gasteiger partial charge in [0.1, 0.15) is 13.0 Å². The predicted octanol–water partition coefficient (Wildman–Crippen LogP) is -1.46. The number of imide groups is 2. The lowest BCUT2D eigenvalue weighted by Crippen LogP contribution is -2.55. The van der Waals surface area contributed by atoms with E-state index in [1.807, 2.05) is 5.32 Å². The molecule has 1 aliphatic rings. The Morgan fingerprint density at radius 3 is 2.47 bits per heavy atom. The lowest BCUT2D eigenvalue weighted by molar-refractivity contribution is -0.141.